The second-order valence-corrected chi connectivity index (χ2v) is 3.77. The van der Waals surface area contributed by atoms with Crippen LogP contribution >= 0.6 is 12.4 Å². The second kappa shape index (κ2) is 7.74. The van der Waals surface area contributed by atoms with Gasteiger partial charge in [0.25, 0.3) is 0 Å². The van der Waals surface area contributed by atoms with Gasteiger partial charge in [0.1, 0.15) is 5.75 Å². The van der Waals surface area contributed by atoms with Crippen molar-refractivity contribution >= 4 is 12.4 Å². The smallest absolute Gasteiger partial charge is 0.124 e. The van der Waals surface area contributed by atoms with Crippen LogP contribution in [0.15, 0.2) is 43.0 Å². The van der Waals surface area contributed by atoms with Gasteiger partial charge in [-0.1, -0.05) is 18.2 Å². The normalized spacial score (nSPS) is 9.83. The number of aliphatic hydroxyl groups is 1. The van der Waals surface area contributed by atoms with Gasteiger partial charge in [0.2, 0.25) is 0 Å². The highest BCUT2D eigenvalue weighted by Gasteiger charge is 2.00. The van der Waals surface area contributed by atoms with Crippen LogP contribution in [0, 0.1) is 0 Å². The zero-order valence-corrected chi connectivity index (χ0v) is 10.8. The monoisotopic (exact) mass is 268 g/mol. The lowest BCUT2D eigenvalue weighted by Gasteiger charge is -2.09. The molecule has 5 heteroatoms. The Morgan fingerprint density at radius 2 is 2.11 bits per heavy atom. The molecular formula is C13H17ClN2O2. The Morgan fingerprint density at radius 1 is 1.28 bits per heavy atom. The number of aromatic nitrogens is 2. The van der Waals surface area contributed by atoms with Crippen LogP contribution in [-0.2, 0) is 13.2 Å². The van der Waals surface area contributed by atoms with E-state index in [4.69, 9.17) is 9.84 Å². The van der Waals surface area contributed by atoms with Gasteiger partial charge < -0.3 is 14.4 Å². The summed E-state index contributed by atoms with van der Waals surface area (Å²) in [6.07, 6.45) is 6.40. The summed E-state index contributed by atoms with van der Waals surface area (Å²) in [5.74, 6) is 0.764. The van der Waals surface area contributed by atoms with Crippen LogP contribution in [0.3, 0.4) is 0 Å². The van der Waals surface area contributed by atoms with Gasteiger partial charge in [0, 0.05) is 24.5 Å². The molecule has 1 aromatic carbocycles. The fourth-order valence-corrected chi connectivity index (χ4v) is 1.62. The highest BCUT2D eigenvalue weighted by atomic mass is 35.5. The maximum atomic E-state index is 9.13. The average Bonchev–Trinajstić information content (AvgIpc) is 2.88. The first kappa shape index (κ1) is 14.5. The fourth-order valence-electron chi connectivity index (χ4n) is 1.62. The molecule has 18 heavy (non-hydrogen) atoms. The van der Waals surface area contributed by atoms with Gasteiger partial charge in [-0.25, -0.2) is 4.98 Å². The summed E-state index contributed by atoms with van der Waals surface area (Å²) < 4.78 is 7.65. The minimum Gasteiger partial charge on any atom is -0.493 e. The third-order valence-corrected chi connectivity index (χ3v) is 2.52. The molecule has 0 atom stereocenters. The van der Waals surface area contributed by atoms with Gasteiger partial charge in [0.15, 0.2) is 0 Å². The number of para-hydroxylation sites is 1. The summed E-state index contributed by atoms with van der Waals surface area (Å²) in [5.41, 5.74) is 0.829. The predicted molar refractivity (Wildman–Crippen MR) is 72.0 cm³/mol. The Balaban J connectivity index is 0.00000162. The molecule has 0 unspecified atom stereocenters. The number of rotatable bonds is 6. The minimum atomic E-state index is 0. The third-order valence-electron chi connectivity index (χ3n) is 2.52. The quantitative estimate of drug-likeness (QED) is 0.818. The molecule has 2 aromatic rings. The van der Waals surface area contributed by atoms with Crippen LogP contribution in [0.25, 0.3) is 0 Å². The van der Waals surface area contributed by atoms with Gasteiger partial charge in [-0.15, -0.1) is 12.4 Å². The molecule has 0 amide bonds. The Hall–Kier alpha value is -1.52. The number of hydrogen-bond donors (Lipinski definition) is 1. The van der Waals surface area contributed by atoms with E-state index in [2.05, 4.69) is 4.98 Å². The van der Waals surface area contributed by atoms with Crippen LogP contribution in [0.4, 0.5) is 0 Å². The van der Waals surface area contributed by atoms with Gasteiger partial charge in [-0.2, -0.15) is 0 Å². The molecule has 2 rings (SSSR count). The number of aliphatic hydroxyl groups excluding tert-OH is 1. The lowest BCUT2D eigenvalue weighted by molar-refractivity contribution is 0.259. The van der Waals surface area contributed by atoms with Crippen LogP contribution in [-0.4, -0.2) is 21.3 Å². The van der Waals surface area contributed by atoms with Gasteiger partial charge in [-0.3, -0.25) is 0 Å². The zero-order chi connectivity index (χ0) is 11.9. The van der Waals surface area contributed by atoms with E-state index in [9.17, 15) is 0 Å². The van der Waals surface area contributed by atoms with Gasteiger partial charge >= 0.3 is 0 Å². The summed E-state index contributed by atoms with van der Waals surface area (Å²) >= 11 is 0. The first-order valence-corrected chi connectivity index (χ1v) is 5.67. The van der Waals surface area contributed by atoms with E-state index in [1.165, 1.54) is 0 Å². The lowest BCUT2D eigenvalue weighted by Crippen LogP contribution is -2.04. The molecule has 0 radical (unpaired) electrons. The summed E-state index contributed by atoms with van der Waals surface area (Å²) in [6.45, 7) is 1.54. The van der Waals surface area contributed by atoms with E-state index in [0.717, 1.165) is 24.3 Å². The average molecular weight is 269 g/mol. The summed E-state index contributed by atoms with van der Waals surface area (Å²) in [6, 6.07) is 7.54. The number of benzene rings is 1. The van der Waals surface area contributed by atoms with Gasteiger partial charge in [-0.05, 0) is 12.5 Å². The molecule has 0 saturated carbocycles. The summed E-state index contributed by atoms with van der Waals surface area (Å²) in [4.78, 5) is 3.98. The number of halogens is 1. The molecular weight excluding hydrogens is 252 g/mol. The fraction of sp³-hybridized carbons (Fsp3) is 0.308. The highest BCUT2D eigenvalue weighted by molar-refractivity contribution is 5.85. The van der Waals surface area contributed by atoms with Crippen molar-refractivity contribution in [2.24, 2.45) is 0 Å². The van der Waals surface area contributed by atoms with Crippen molar-refractivity contribution in [1.82, 2.24) is 9.55 Å². The third kappa shape index (κ3) is 4.05. The molecule has 1 N–H and O–H groups in total. The Kier molecular flexibility index (Phi) is 6.25. The number of hydrogen-bond acceptors (Lipinski definition) is 3. The first-order valence-electron chi connectivity index (χ1n) is 5.67. The highest BCUT2D eigenvalue weighted by Crippen LogP contribution is 2.17. The van der Waals surface area contributed by atoms with Crippen LogP contribution in [0.1, 0.15) is 12.0 Å². The predicted octanol–water partition coefficient (Wildman–Crippen LogP) is 2.27. The molecule has 0 aliphatic rings. The number of imidazole rings is 1. The van der Waals surface area contributed by atoms with Crippen molar-refractivity contribution in [2.75, 3.05) is 6.61 Å². The van der Waals surface area contributed by atoms with Crippen molar-refractivity contribution in [3.63, 3.8) is 0 Å². The van der Waals surface area contributed by atoms with Crippen molar-refractivity contribution in [3.8, 4) is 5.75 Å². The largest absolute Gasteiger partial charge is 0.493 e. The SMILES string of the molecule is Cl.OCc1ccccc1OCCCn1ccnc1. The van der Waals surface area contributed by atoms with E-state index in [1.54, 1.807) is 12.5 Å². The molecule has 1 heterocycles. The molecule has 0 aliphatic heterocycles. The summed E-state index contributed by atoms with van der Waals surface area (Å²) in [5, 5.41) is 9.13. The maximum Gasteiger partial charge on any atom is 0.124 e. The number of ether oxygens (including phenoxy) is 1. The molecule has 0 spiro atoms. The van der Waals surface area contributed by atoms with Crippen LogP contribution in [0.2, 0.25) is 0 Å². The van der Waals surface area contributed by atoms with E-state index in [0.29, 0.717) is 6.61 Å². The van der Waals surface area contributed by atoms with E-state index in [-0.39, 0.29) is 19.0 Å². The first-order chi connectivity index (χ1) is 8.40. The lowest BCUT2D eigenvalue weighted by atomic mass is 10.2. The Morgan fingerprint density at radius 3 is 2.83 bits per heavy atom. The molecule has 0 bridgehead atoms. The van der Waals surface area contributed by atoms with E-state index < -0.39 is 0 Å². The number of nitrogens with zero attached hydrogens (tertiary/aromatic N) is 2. The summed E-state index contributed by atoms with van der Waals surface area (Å²) in [7, 11) is 0. The number of aryl methyl sites for hydroxylation is 1. The van der Waals surface area contributed by atoms with Crippen molar-refractivity contribution in [1.29, 1.82) is 0 Å². The Bertz CT molecular complexity index is 446. The van der Waals surface area contributed by atoms with Crippen LogP contribution < -0.4 is 4.74 Å². The standard InChI is InChI=1S/C13H16N2O2.ClH/c16-10-12-4-1-2-5-13(12)17-9-3-7-15-8-6-14-11-15;/h1-2,4-6,8,11,16H,3,7,9-10H2;1H. The van der Waals surface area contributed by atoms with Crippen molar-refractivity contribution < 1.29 is 9.84 Å². The second-order valence-electron chi connectivity index (χ2n) is 3.77. The molecule has 98 valence electrons. The van der Waals surface area contributed by atoms with Crippen molar-refractivity contribution in [3.05, 3.63) is 48.5 Å². The molecule has 4 nitrogen and oxygen atoms in total. The van der Waals surface area contributed by atoms with E-state index >= 15 is 0 Å². The van der Waals surface area contributed by atoms with Crippen LogP contribution in [0.5, 0.6) is 5.75 Å². The van der Waals surface area contributed by atoms with Crippen molar-refractivity contribution in [2.45, 2.75) is 19.6 Å². The zero-order valence-electron chi connectivity index (χ0n) is 10.0. The molecule has 0 aliphatic carbocycles. The Labute approximate surface area is 113 Å². The molecule has 0 saturated heterocycles. The minimum absolute atomic E-state index is 0. The molecule has 1 aromatic heterocycles. The van der Waals surface area contributed by atoms with E-state index in [1.807, 2.05) is 35.0 Å². The topological polar surface area (TPSA) is 47.3 Å². The van der Waals surface area contributed by atoms with Gasteiger partial charge in [0.05, 0.1) is 19.5 Å². The maximum absolute atomic E-state index is 9.13. The molecule has 0 fully saturated rings.